The summed E-state index contributed by atoms with van der Waals surface area (Å²) in [6.45, 7) is 4.27. The monoisotopic (exact) mass is 349 g/mol. The summed E-state index contributed by atoms with van der Waals surface area (Å²) in [5, 5.41) is 6.69. The first kappa shape index (κ1) is 16.3. The third-order valence-corrected chi connectivity index (χ3v) is 6.26. The molecule has 0 bridgehead atoms. The van der Waals surface area contributed by atoms with Crippen LogP contribution in [0.15, 0.2) is 24.3 Å². The number of nitrogens with one attached hydrogen (secondary N) is 2. The molecule has 1 fully saturated rings. The molecule has 7 heteroatoms. The maximum Gasteiger partial charge on any atom is 0.243 e. The quantitative estimate of drug-likeness (QED) is 0.885. The summed E-state index contributed by atoms with van der Waals surface area (Å²) in [5.74, 6) is 0.397. The van der Waals surface area contributed by atoms with E-state index in [-0.39, 0.29) is 11.8 Å². The summed E-state index contributed by atoms with van der Waals surface area (Å²) in [5.41, 5.74) is 0.997. The predicted molar refractivity (Wildman–Crippen MR) is 94.8 cm³/mol. The molecule has 23 heavy (non-hydrogen) atoms. The Labute approximate surface area is 143 Å². The molecule has 0 unspecified atom stereocenters. The van der Waals surface area contributed by atoms with Crippen molar-refractivity contribution in [1.29, 1.82) is 0 Å². The van der Waals surface area contributed by atoms with Gasteiger partial charge in [-0.05, 0) is 26.0 Å². The zero-order valence-corrected chi connectivity index (χ0v) is 14.7. The Bertz CT molecular complexity index is 709. The summed E-state index contributed by atoms with van der Waals surface area (Å²) in [6.07, 6.45) is 0.699. The summed E-state index contributed by atoms with van der Waals surface area (Å²) >= 11 is 3.16. The van der Waals surface area contributed by atoms with E-state index in [1.807, 2.05) is 38.1 Å². The van der Waals surface area contributed by atoms with Gasteiger partial charge in [-0.15, -0.1) is 23.1 Å². The minimum absolute atomic E-state index is 0.0833. The third kappa shape index (κ3) is 3.67. The fraction of sp³-hybridized carbons (Fsp3) is 0.438. The van der Waals surface area contributed by atoms with E-state index < -0.39 is 10.8 Å². The smallest absolute Gasteiger partial charge is 0.243 e. The summed E-state index contributed by atoms with van der Waals surface area (Å²) in [7, 11) is 0. The number of hydrogen-bond donors (Lipinski definition) is 2. The lowest BCUT2D eigenvalue weighted by molar-refractivity contribution is -0.129. The number of benzene rings is 1. The first-order chi connectivity index (χ1) is 11.0. The van der Waals surface area contributed by atoms with Crippen molar-refractivity contribution in [2.75, 3.05) is 12.3 Å². The molecule has 3 rings (SSSR count). The molecule has 0 aliphatic carbocycles. The van der Waals surface area contributed by atoms with Crippen LogP contribution in [-0.4, -0.2) is 39.9 Å². The molecule has 1 aliphatic heterocycles. The van der Waals surface area contributed by atoms with Crippen molar-refractivity contribution in [2.24, 2.45) is 0 Å². The summed E-state index contributed by atoms with van der Waals surface area (Å²) < 4.78 is 0.699. The van der Waals surface area contributed by atoms with Gasteiger partial charge >= 0.3 is 0 Å². The van der Waals surface area contributed by atoms with Crippen LogP contribution in [0.25, 0.3) is 10.2 Å². The second-order valence-corrected chi connectivity index (χ2v) is 8.72. The van der Waals surface area contributed by atoms with Crippen molar-refractivity contribution >= 4 is 45.1 Å². The van der Waals surface area contributed by atoms with E-state index in [1.54, 1.807) is 11.3 Å². The van der Waals surface area contributed by atoms with Crippen LogP contribution < -0.4 is 10.6 Å². The lowest BCUT2D eigenvalue weighted by Gasteiger charge is -2.32. The molecule has 2 heterocycles. The van der Waals surface area contributed by atoms with Crippen molar-refractivity contribution in [1.82, 2.24) is 15.6 Å². The molecule has 122 valence electrons. The molecule has 2 N–H and O–H groups in total. The number of thioether (sulfide) groups is 1. The highest BCUT2D eigenvalue weighted by Gasteiger charge is 2.37. The number of thiazole rings is 1. The molecule has 1 aromatic carbocycles. The van der Waals surface area contributed by atoms with Gasteiger partial charge in [0.1, 0.15) is 6.04 Å². The molecule has 1 atom stereocenters. The molecule has 1 aromatic heterocycles. The van der Waals surface area contributed by atoms with Gasteiger partial charge in [-0.25, -0.2) is 4.98 Å². The molecule has 0 saturated carbocycles. The minimum atomic E-state index is -0.461. The molecule has 0 spiro atoms. The van der Waals surface area contributed by atoms with Gasteiger partial charge in [-0.2, -0.15) is 0 Å². The number of rotatable bonds is 4. The molecule has 2 amide bonds. The number of aromatic nitrogens is 1. The molecule has 0 radical (unpaired) electrons. The van der Waals surface area contributed by atoms with Gasteiger partial charge in [0.05, 0.1) is 20.0 Å². The van der Waals surface area contributed by atoms with Crippen LogP contribution in [0, 0.1) is 0 Å². The number of hydrogen-bond acceptors (Lipinski definition) is 5. The van der Waals surface area contributed by atoms with Gasteiger partial charge < -0.3 is 10.6 Å². The second kappa shape index (κ2) is 6.49. The maximum absolute atomic E-state index is 12.2. The van der Waals surface area contributed by atoms with Crippen molar-refractivity contribution in [2.45, 2.75) is 31.1 Å². The Morgan fingerprint density at radius 3 is 2.96 bits per heavy atom. The van der Waals surface area contributed by atoms with E-state index >= 15 is 0 Å². The fourth-order valence-corrected chi connectivity index (χ4v) is 4.29. The number of carbonyl (C=O) groups is 2. The van der Waals surface area contributed by atoms with Crippen LogP contribution in [0.2, 0.25) is 0 Å². The van der Waals surface area contributed by atoms with Gasteiger partial charge in [0, 0.05) is 18.7 Å². The summed E-state index contributed by atoms with van der Waals surface area (Å²) in [4.78, 5) is 28.6. The number of amides is 2. The van der Waals surface area contributed by atoms with E-state index in [0.29, 0.717) is 18.7 Å². The number of para-hydroxylation sites is 1. The Balaban J connectivity index is 1.50. The van der Waals surface area contributed by atoms with Crippen LogP contribution >= 0.6 is 23.1 Å². The van der Waals surface area contributed by atoms with E-state index in [2.05, 4.69) is 15.6 Å². The molecule has 5 nitrogen and oxygen atoms in total. The Morgan fingerprint density at radius 2 is 2.22 bits per heavy atom. The average molecular weight is 349 g/mol. The molecular formula is C16H19N3O2S2. The topological polar surface area (TPSA) is 71.1 Å². The number of fused-ring (bicyclic) bond motifs is 1. The van der Waals surface area contributed by atoms with Crippen molar-refractivity contribution in [3.63, 3.8) is 0 Å². The van der Waals surface area contributed by atoms with E-state index in [9.17, 15) is 9.59 Å². The standard InChI is InChI=1S/C16H19N3O2S2/c1-16(2)15(21)19-11(9-22-16)14(20)17-8-7-13-18-10-5-3-4-6-12(10)23-13/h3-6,11H,7-9H2,1-2H3,(H,17,20)(H,19,21)/t11-/m0/s1. The average Bonchev–Trinajstić information content (AvgIpc) is 2.92. The van der Waals surface area contributed by atoms with Crippen molar-refractivity contribution in [3.05, 3.63) is 29.3 Å². The zero-order chi connectivity index (χ0) is 16.4. The third-order valence-electron chi connectivity index (χ3n) is 3.76. The second-order valence-electron chi connectivity index (χ2n) is 5.96. The van der Waals surface area contributed by atoms with Gasteiger partial charge in [0.2, 0.25) is 11.8 Å². The van der Waals surface area contributed by atoms with Gasteiger partial charge in [-0.1, -0.05) is 12.1 Å². The van der Waals surface area contributed by atoms with Gasteiger partial charge in [-0.3, -0.25) is 9.59 Å². The molecule has 1 aliphatic rings. The van der Waals surface area contributed by atoms with E-state index in [4.69, 9.17) is 0 Å². The highest BCUT2D eigenvalue weighted by atomic mass is 32.2. The largest absolute Gasteiger partial charge is 0.354 e. The Hall–Kier alpha value is -1.60. The van der Waals surface area contributed by atoms with Gasteiger partial charge in [0.15, 0.2) is 0 Å². The first-order valence-corrected chi connectivity index (χ1v) is 9.33. The molecule has 1 saturated heterocycles. The number of carbonyl (C=O) groups excluding carboxylic acids is 2. The number of nitrogens with zero attached hydrogens (tertiary/aromatic N) is 1. The maximum atomic E-state index is 12.2. The van der Waals surface area contributed by atoms with Crippen LogP contribution in [0.1, 0.15) is 18.9 Å². The fourth-order valence-electron chi connectivity index (χ4n) is 2.31. The highest BCUT2D eigenvalue weighted by Crippen LogP contribution is 2.29. The lowest BCUT2D eigenvalue weighted by atomic mass is 10.1. The summed E-state index contributed by atoms with van der Waals surface area (Å²) in [6, 6.07) is 7.56. The van der Waals surface area contributed by atoms with E-state index in [1.165, 1.54) is 11.8 Å². The molecule has 2 aromatic rings. The van der Waals surface area contributed by atoms with E-state index in [0.717, 1.165) is 15.2 Å². The van der Waals surface area contributed by atoms with Crippen LogP contribution in [0.3, 0.4) is 0 Å². The van der Waals surface area contributed by atoms with Crippen molar-refractivity contribution < 1.29 is 9.59 Å². The van der Waals surface area contributed by atoms with Crippen LogP contribution in [0.5, 0.6) is 0 Å². The zero-order valence-electron chi connectivity index (χ0n) is 13.1. The Morgan fingerprint density at radius 1 is 1.43 bits per heavy atom. The molecular weight excluding hydrogens is 330 g/mol. The lowest BCUT2D eigenvalue weighted by Crippen LogP contribution is -2.57. The van der Waals surface area contributed by atoms with Crippen LogP contribution in [-0.2, 0) is 16.0 Å². The minimum Gasteiger partial charge on any atom is -0.354 e. The highest BCUT2D eigenvalue weighted by molar-refractivity contribution is 8.01. The first-order valence-electron chi connectivity index (χ1n) is 7.53. The van der Waals surface area contributed by atoms with Crippen molar-refractivity contribution in [3.8, 4) is 0 Å². The normalized spacial score (nSPS) is 20.3. The van der Waals surface area contributed by atoms with Crippen LogP contribution in [0.4, 0.5) is 0 Å². The van der Waals surface area contributed by atoms with Gasteiger partial charge in [0.25, 0.3) is 0 Å². The predicted octanol–water partition coefficient (Wildman–Crippen LogP) is 1.97. The Kier molecular flexibility index (Phi) is 4.59. The SMILES string of the molecule is CC1(C)SC[C@@H](C(=O)NCCc2nc3ccccc3s2)NC1=O.